The lowest BCUT2D eigenvalue weighted by atomic mass is 9.79. The molecule has 2 heterocycles. The van der Waals surface area contributed by atoms with Gasteiger partial charge in [-0.25, -0.2) is 0 Å². The molecule has 21 heavy (non-hydrogen) atoms. The van der Waals surface area contributed by atoms with Crippen molar-refractivity contribution >= 4 is 15.9 Å². The molecular weight excluding hydrogens is 330 g/mol. The summed E-state index contributed by atoms with van der Waals surface area (Å²) in [4.78, 5) is 0. The van der Waals surface area contributed by atoms with E-state index < -0.39 is 0 Å². The van der Waals surface area contributed by atoms with Crippen molar-refractivity contribution in [2.45, 2.75) is 38.5 Å². The number of ether oxygens (including phenoxy) is 2. The summed E-state index contributed by atoms with van der Waals surface area (Å²) in [6.45, 7) is 5.99. The molecule has 1 N–H and O–H groups in total. The van der Waals surface area contributed by atoms with Crippen molar-refractivity contribution in [2.75, 3.05) is 26.3 Å². The summed E-state index contributed by atoms with van der Waals surface area (Å²) in [5.41, 5.74) is 1.39. The minimum absolute atomic E-state index is 0.625. The van der Waals surface area contributed by atoms with Crippen LogP contribution in [0, 0.1) is 5.92 Å². The van der Waals surface area contributed by atoms with Crippen molar-refractivity contribution in [3.8, 4) is 11.5 Å². The fourth-order valence-electron chi connectivity index (χ4n) is 3.50. The van der Waals surface area contributed by atoms with Gasteiger partial charge in [0.05, 0.1) is 17.7 Å². The van der Waals surface area contributed by atoms with Crippen LogP contribution in [0.4, 0.5) is 0 Å². The highest BCUT2D eigenvalue weighted by molar-refractivity contribution is 9.10. The minimum atomic E-state index is 0.625. The third-order valence-electron chi connectivity index (χ3n) is 4.52. The average molecular weight is 354 g/mol. The van der Waals surface area contributed by atoms with Crippen molar-refractivity contribution in [3.63, 3.8) is 0 Å². The van der Waals surface area contributed by atoms with Crippen LogP contribution in [0.3, 0.4) is 0 Å². The predicted octanol–water partition coefficient (Wildman–Crippen LogP) is 4.10. The number of hydrogen-bond acceptors (Lipinski definition) is 3. The standard InChI is InChI=1S/C17H24BrNO2/c1-2-4-12-11-19-6-5-14(12)13-9-15(18)17-16(10-13)20-7-3-8-21-17/h9-10,12,14,19H,2-8,11H2,1H3. The lowest BCUT2D eigenvalue weighted by molar-refractivity contribution is 0.295. The Morgan fingerprint density at radius 2 is 2.14 bits per heavy atom. The Kier molecular flexibility index (Phi) is 5.07. The van der Waals surface area contributed by atoms with Gasteiger partial charge in [-0.1, -0.05) is 13.3 Å². The fourth-order valence-corrected chi connectivity index (χ4v) is 4.07. The summed E-state index contributed by atoms with van der Waals surface area (Å²) in [5.74, 6) is 3.13. The number of rotatable bonds is 3. The largest absolute Gasteiger partial charge is 0.490 e. The van der Waals surface area contributed by atoms with Gasteiger partial charge in [0.15, 0.2) is 11.5 Å². The van der Waals surface area contributed by atoms with E-state index in [1.54, 1.807) is 0 Å². The summed E-state index contributed by atoms with van der Waals surface area (Å²) in [6, 6.07) is 4.45. The zero-order valence-electron chi connectivity index (χ0n) is 12.7. The van der Waals surface area contributed by atoms with Gasteiger partial charge in [0.2, 0.25) is 0 Å². The van der Waals surface area contributed by atoms with Crippen LogP contribution in [-0.4, -0.2) is 26.3 Å². The lowest BCUT2D eigenvalue weighted by Gasteiger charge is -2.33. The highest BCUT2D eigenvalue weighted by atomic mass is 79.9. The first-order valence-electron chi connectivity index (χ1n) is 8.09. The Hall–Kier alpha value is -0.740. The smallest absolute Gasteiger partial charge is 0.175 e. The number of halogens is 1. The second-order valence-electron chi connectivity index (χ2n) is 6.03. The molecule has 1 aromatic rings. The van der Waals surface area contributed by atoms with E-state index in [0.717, 1.165) is 54.6 Å². The summed E-state index contributed by atoms with van der Waals surface area (Å²) in [5, 5.41) is 3.54. The number of fused-ring (bicyclic) bond motifs is 1. The van der Waals surface area contributed by atoms with Crippen molar-refractivity contribution < 1.29 is 9.47 Å². The van der Waals surface area contributed by atoms with Crippen molar-refractivity contribution in [2.24, 2.45) is 5.92 Å². The molecule has 0 spiro atoms. The quantitative estimate of drug-likeness (QED) is 0.886. The van der Waals surface area contributed by atoms with Gasteiger partial charge in [0, 0.05) is 6.42 Å². The molecule has 2 aliphatic rings. The highest BCUT2D eigenvalue weighted by Crippen LogP contribution is 2.43. The molecule has 0 saturated carbocycles. The molecule has 4 heteroatoms. The van der Waals surface area contributed by atoms with Crippen molar-refractivity contribution in [1.82, 2.24) is 5.32 Å². The molecule has 2 atom stereocenters. The van der Waals surface area contributed by atoms with Gasteiger partial charge in [-0.05, 0) is 71.4 Å². The maximum atomic E-state index is 5.89. The van der Waals surface area contributed by atoms with Gasteiger partial charge in [0.1, 0.15) is 0 Å². The van der Waals surface area contributed by atoms with Gasteiger partial charge in [-0.3, -0.25) is 0 Å². The third-order valence-corrected chi connectivity index (χ3v) is 5.11. The van der Waals surface area contributed by atoms with Gasteiger partial charge in [0.25, 0.3) is 0 Å². The maximum Gasteiger partial charge on any atom is 0.175 e. The van der Waals surface area contributed by atoms with E-state index in [4.69, 9.17) is 9.47 Å². The molecule has 3 nitrogen and oxygen atoms in total. The van der Waals surface area contributed by atoms with Crippen LogP contribution in [0.2, 0.25) is 0 Å². The van der Waals surface area contributed by atoms with Gasteiger partial charge < -0.3 is 14.8 Å². The molecule has 2 unspecified atom stereocenters. The van der Waals surface area contributed by atoms with Crippen LogP contribution in [0.15, 0.2) is 16.6 Å². The van der Waals surface area contributed by atoms with Gasteiger partial charge >= 0.3 is 0 Å². The number of piperidine rings is 1. The van der Waals surface area contributed by atoms with E-state index in [9.17, 15) is 0 Å². The summed E-state index contributed by atoms with van der Waals surface area (Å²) < 4.78 is 12.7. The zero-order chi connectivity index (χ0) is 14.7. The molecule has 0 bridgehead atoms. The summed E-state index contributed by atoms with van der Waals surface area (Å²) >= 11 is 3.67. The topological polar surface area (TPSA) is 30.5 Å². The molecule has 0 radical (unpaired) electrons. The van der Waals surface area contributed by atoms with Crippen molar-refractivity contribution in [3.05, 3.63) is 22.2 Å². The second kappa shape index (κ2) is 7.01. The van der Waals surface area contributed by atoms with Crippen LogP contribution < -0.4 is 14.8 Å². The molecule has 2 aliphatic heterocycles. The fraction of sp³-hybridized carbons (Fsp3) is 0.647. The molecule has 116 valence electrons. The first kappa shape index (κ1) is 15.2. The molecule has 1 saturated heterocycles. The molecule has 1 aromatic carbocycles. The Balaban J connectivity index is 1.90. The molecule has 0 aliphatic carbocycles. The molecule has 0 aromatic heterocycles. The van der Waals surface area contributed by atoms with E-state index in [1.165, 1.54) is 24.8 Å². The minimum Gasteiger partial charge on any atom is -0.490 e. The van der Waals surface area contributed by atoms with Crippen LogP contribution in [0.25, 0.3) is 0 Å². The molecule has 0 amide bonds. The Labute approximate surface area is 135 Å². The maximum absolute atomic E-state index is 5.89. The SMILES string of the molecule is CCCC1CNCCC1c1cc(Br)c2c(c1)OCCCO2. The monoisotopic (exact) mass is 353 g/mol. The Morgan fingerprint density at radius 1 is 1.29 bits per heavy atom. The highest BCUT2D eigenvalue weighted by Gasteiger charge is 2.27. The van der Waals surface area contributed by atoms with Crippen LogP contribution in [0.1, 0.15) is 44.1 Å². The third kappa shape index (κ3) is 3.37. The summed E-state index contributed by atoms with van der Waals surface area (Å²) in [6.07, 6.45) is 4.68. The van der Waals surface area contributed by atoms with E-state index in [-0.39, 0.29) is 0 Å². The number of benzene rings is 1. The van der Waals surface area contributed by atoms with Crippen LogP contribution >= 0.6 is 15.9 Å². The number of nitrogens with one attached hydrogen (secondary N) is 1. The zero-order valence-corrected chi connectivity index (χ0v) is 14.2. The van der Waals surface area contributed by atoms with E-state index >= 15 is 0 Å². The van der Waals surface area contributed by atoms with Crippen LogP contribution in [0.5, 0.6) is 11.5 Å². The molecule has 3 rings (SSSR count). The average Bonchev–Trinajstić information content (AvgIpc) is 2.74. The lowest BCUT2D eigenvalue weighted by Crippen LogP contribution is -2.35. The second-order valence-corrected chi connectivity index (χ2v) is 6.88. The molecule has 1 fully saturated rings. The summed E-state index contributed by atoms with van der Waals surface area (Å²) in [7, 11) is 0. The molecular formula is C17H24BrNO2. The first-order chi connectivity index (χ1) is 10.3. The van der Waals surface area contributed by atoms with Gasteiger partial charge in [-0.15, -0.1) is 0 Å². The van der Waals surface area contributed by atoms with Gasteiger partial charge in [-0.2, -0.15) is 0 Å². The van der Waals surface area contributed by atoms with Crippen LogP contribution in [-0.2, 0) is 0 Å². The van der Waals surface area contributed by atoms with Crippen molar-refractivity contribution in [1.29, 1.82) is 0 Å². The van der Waals surface area contributed by atoms with E-state index in [2.05, 4.69) is 40.3 Å². The van der Waals surface area contributed by atoms with E-state index in [1.807, 2.05) is 0 Å². The number of hydrogen-bond donors (Lipinski definition) is 1. The first-order valence-corrected chi connectivity index (χ1v) is 8.88. The Morgan fingerprint density at radius 3 is 3.00 bits per heavy atom. The Bertz CT molecular complexity index is 490. The normalized spacial score (nSPS) is 25.4. The predicted molar refractivity (Wildman–Crippen MR) is 88.4 cm³/mol. The van der Waals surface area contributed by atoms with E-state index in [0.29, 0.717) is 5.92 Å².